The number of hydrogen-bond acceptors (Lipinski definition) is 2. The number of benzene rings is 1. The van der Waals surface area contributed by atoms with E-state index in [0.29, 0.717) is 10.7 Å². The lowest BCUT2D eigenvalue weighted by Gasteiger charge is -2.21. The van der Waals surface area contributed by atoms with Crippen LogP contribution in [0, 0.1) is 5.41 Å². The quantitative estimate of drug-likeness (QED) is 0.896. The molecule has 0 fully saturated rings. The number of carbonyl (C=O) groups excluding carboxylic acids is 2. The summed E-state index contributed by atoms with van der Waals surface area (Å²) in [6.07, 6.45) is 0. The molecule has 0 saturated heterocycles. The first-order chi connectivity index (χ1) is 8.70. The summed E-state index contributed by atoms with van der Waals surface area (Å²) in [6, 6.07) is 6.20. The fourth-order valence-electron chi connectivity index (χ4n) is 1.26. The van der Waals surface area contributed by atoms with Gasteiger partial charge in [0.2, 0.25) is 11.8 Å². The molecular formula is C14H19ClN2O2. The minimum absolute atomic E-state index is 0.161. The fraction of sp³-hybridized carbons (Fsp3) is 0.429. The van der Waals surface area contributed by atoms with Gasteiger partial charge in [0, 0.05) is 16.1 Å². The molecule has 0 aliphatic carbocycles. The topological polar surface area (TPSA) is 58.2 Å². The van der Waals surface area contributed by atoms with E-state index in [1.54, 1.807) is 52.0 Å². The maximum atomic E-state index is 11.9. The Balaban J connectivity index is 2.58. The lowest BCUT2D eigenvalue weighted by atomic mass is 9.95. The number of rotatable bonds is 3. The van der Waals surface area contributed by atoms with Crippen molar-refractivity contribution in [1.29, 1.82) is 0 Å². The number of anilines is 1. The summed E-state index contributed by atoms with van der Waals surface area (Å²) < 4.78 is 0. The van der Waals surface area contributed by atoms with Gasteiger partial charge in [-0.25, -0.2) is 0 Å². The maximum absolute atomic E-state index is 11.9. The Labute approximate surface area is 118 Å². The van der Waals surface area contributed by atoms with Crippen molar-refractivity contribution in [2.45, 2.75) is 33.7 Å². The summed E-state index contributed by atoms with van der Waals surface area (Å²) in [5, 5.41) is 5.99. The summed E-state index contributed by atoms with van der Waals surface area (Å²) in [6.45, 7) is 7.04. The highest BCUT2D eigenvalue weighted by molar-refractivity contribution is 6.30. The molecular weight excluding hydrogens is 264 g/mol. The molecule has 0 spiro atoms. The molecule has 0 aliphatic rings. The molecule has 0 aromatic heterocycles. The largest absolute Gasteiger partial charge is 0.344 e. The predicted octanol–water partition coefficient (Wildman–Crippen LogP) is 2.83. The first-order valence-corrected chi connectivity index (χ1v) is 6.45. The molecule has 2 N–H and O–H groups in total. The van der Waals surface area contributed by atoms with Gasteiger partial charge in [0.15, 0.2) is 0 Å². The third-order valence-electron chi connectivity index (χ3n) is 2.53. The van der Waals surface area contributed by atoms with Gasteiger partial charge in [-0.3, -0.25) is 9.59 Å². The second kappa shape index (κ2) is 6.06. The van der Waals surface area contributed by atoms with Gasteiger partial charge < -0.3 is 10.6 Å². The molecule has 0 unspecified atom stereocenters. The first kappa shape index (κ1) is 15.5. The van der Waals surface area contributed by atoms with Crippen molar-refractivity contribution in [3.8, 4) is 0 Å². The number of nitrogens with one attached hydrogen (secondary N) is 2. The molecule has 4 nitrogen and oxygen atoms in total. The van der Waals surface area contributed by atoms with Crippen LogP contribution >= 0.6 is 11.6 Å². The SMILES string of the molecule is C[C@@H](NC(=O)C(C)(C)C)C(=O)Nc1ccc(Cl)cc1. The van der Waals surface area contributed by atoms with Crippen molar-refractivity contribution in [2.24, 2.45) is 5.41 Å². The Morgan fingerprint density at radius 1 is 1.16 bits per heavy atom. The summed E-state index contributed by atoms with van der Waals surface area (Å²) in [5.41, 5.74) is 0.126. The van der Waals surface area contributed by atoms with Gasteiger partial charge >= 0.3 is 0 Å². The zero-order valence-electron chi connectivity index (χ0n) is 11.6. The molecule has 1 aromatic carbocycles. The monoisotopic (exact) mass is 282 g/mol. The lowest BCUT2D eigenvalue weighted by molar-refractivity contribution is -0.131. The molecule has 0 aliphatic heterocycles. The lowest BCUT2D eigenvalue weighted by Crippen LogP contribution is -2.46. The van der Waals surface area contributed by atoms with Crippen molar-refractivity contribution < 1.29 is 9.59 Å². The van der Waals surface area contributed by atoms with Gasteiger partial charge in [0.05, 0.1) is 0 Å². The van der Waals surface area contributed by atoms with Gasteiger partial charge in [0.25, 0.3) is 0 Å². The van der Waals surface area contributed by atoms with E-state index in [9.17, 15) is 9.59 Å². The van der Waals surface area contributed by atoms with Gasteiger partial charge in [-0.2, -0.15) is 0 Å². The Hall–Kier alpha value is -1.55. The van der Waals surface area contributed by atoms with Crippen LogP contribution in [0.4, 0.5) is 5.69 Å². The number of hydrogen-bond donors (Lipinski definition) is 2. The highest BCUT2D eigenvalue weighted by atomic mass is 35.5. The van der Waals surface area contributed by atoms with Crippen molar-refractivity contribution in [1.82, 2.24) is 5.32 Å². The third-order valence-corrected chi connectivity index (χ3v) is 2.79. The molecule has 0 saturated carbocycles. The molecule has 1 atom stereocenters. The summed E-state index contributed by atoms with van der Waals surface area (Å²) in [5.74, 6) is -0.425. The Morgan fingerprint density at radius 3 is 2.16 bits per heavy atom. The normalized spacial score (nSPS) is 12.7. The second-order valence-corrected chi connectivity index (χ2v) is 5.88. The average molecular weight is 283 g/mol. The standard InChI is InChI=1S/C14H19ClN2O2/c1-9(16-13(19)14(2,3)4)12(18)17-11-7-5-10(15)6-8-11/h5-9H,1-4H3,(H,16,19)(H,17,18)/t9-/m1/s1. The molecule has 104 valence electrons. The molecule has 2 amide bonds. The van der Waals surface area contributed by atoms with E-state index in [2.05, 4.69) is 10.6 Å². The molecule has 19 heavy (non-hydrogen) atoms. The highest BCUT2D eigenvalue weighted by Gasteiger charge is 2.24. The van der Waals surface area contributed by atoms with E-state index in [0.717, 1.165) is 0 Å². The van der Waals surface area contributed by atoms with Crippen LogP contribution in [0.25, 0.3) is 0 Å². The minimum atomic E-state index is -0.595. The zero-order valence-corrected chi connectivity index (χ0v) is 12.3. The van der Waals surface area contributed by atoms with E-state index in [-0.39, 0.29) is 11.8 Å². The predicted molar refractivity (Wildman–Crippen MR) is 77.1 cm³/mol. The van der Waals surface area contributed by atoms with E-state index in [1.807, 2.05) is 0 Å². The summed E-state index contributed by atoms with van der Waals surface area (Å²) in [4.78, 5) is 23.7. The molecule has 5 heteroatoms. The number of carbonyl (C=O) groups is 2. The highest BCUT2D eigenvalue weighted by Crippen LogP contribution is 2.15. The van der Waals surface area contributed by atoms with Crippen LogP contribution < -0.4 is 10.6 Å². The van der Waals surface area contributed by atoms with Gasteiger partial charge in [0.1, 0.15) is 6.04 Å². The number of halogens is 1. The Kier molecular flexibility index (Phi) is 4.95. The third kappa shape index (κ3) is 4.91. The molecule has 1 rings (SSSR count). The van der Waals surface area contributed by atoms with E-state index >= 15 is 0 Å². The minimum Gasteiger partial charge on any atom is -0.344 e. The maximum Gasteiger partial charge on any atom is 0.246 e. The molecule has 0 radical (unpaired) electrons. The van der Waals surface area contributed by atoms with Crippen LogP contribution in [0.2, 0.25) is 5.02 Å². The second-order valence-electron chi connectivity index (χ2n) is 5.44. The van der Waals surface area contributed by atoms with Crippen LogP contribution in [0.1, 0.15) is 27.7 Å². The van der Waals surface area contributed by atoms with Crippen molar-refractivity contribution in [2.75, 3.05) is 5.32 Å². The number of amides is 2. The van der Waals surface area contributed by atoms with Crippen LogP contribution in [0.5, 0.6) is 0 Å². The summed E-state index contributed by atoms with van der Waals surface area (Å²) >= 11 is 5.76. The Morgan fingerprint density at radius 2 is 1.68 bits per heavy atom. The zero-order chi connectivity index (χ0) is 14.6. The van der Waals surface area contributed by atoms with Crippen LogP contribution in [-0.4, -0.2) is 17.9 Å². The van der Waals surface area contributed by atoms with Crippen LogP contribution in [0.3, 0.4) is 0 Å². The first-order valence-electron chi connectivity index (χ1n) is 6.07. The van der Waals surface area contributed by atoms with Crippen LogP contribution in [-0.2, 0) is 9.59 Å². The van der Waals surface area contributed by atoms with Crippen LogP contribution in [0.15, 0.2) is 24.3 Å². The van der Waals surface area contributed by atoms with E-state index in [4.69, 9.17) is 11.6 Å². The van der Waals surface area contributed by atoms with Crippen molar-refractivity contribution >= 4 is 29.1 Å². The fourth-order valence-corrected chi connectivity index (χ4v) is 1.39. The smallest absolute Gasteiger partial charge is 0.246 e. The van der Waals surface area contributed by atoms with Crippen molar-refractivity contribution in [3.63, 3.8) is 0 Å². The van der Waals surface area contributed by atoms with Crippen molar-refractivity contribution in [3.05, 3.63) is 29.3 Å². The van der Waals surface area contributed by atoms with Gasteiger partial charge in [-0.05, 0) is 31.2 Å². The molecule has 1 aromatic rings. The van der Waals surface area contributed by atoms with Gasteiger partial charge in [-0.1, -0.05) is 32.4 Å². The molecule has 0 heterocycles. The van der Waals surface area contributed by atoms with E-state index in [1.165, 1.54) is 0 Å². The van der Waals surface area contributed by atoms with E-state index < -0.39 is 11.5 Å². The molecule has 0 bridgehead atoms. The van der Waals surface area contributed by atoms with Gasteiger partial charge in [-0.15, -0.1) is 0 Å². The Bertz CT molecular complexity index is 463. The summed E-state index contributed by atoms with van der Waals surface area (Å²) in [7, 11) is 0. The average Bonchev–Trinajstić information content (AvgIpc) is 2.30.